The number of hydrogen-bond acceptors (Lipinski definition) is 8. The van der Waals surface area contributed by atoms with Gasteiger partial charge in [0.15, 0.2) is 6.10 Å². The molecular weight excluding hydrogens is 1400 g/mol. The molecule has 4 N–H and O–H groups in total. The fraction of sp³-hybridized carbons (Fsp3) is 0.605. The average Bonchev–Trinajstić information content (AvgIpc) is 3.17. The summed E-state index contributed by atoms with van der Waals surface area (Å²) in [6, 6.07) is 4.16. The van der Waals surface area contributed by atoms with E-state index in [4.69, 9.17) is 25.7 Å². The Hall–Kier alpha value is 0.570. The number of rotatable bonds is 30. The van der Waals surface area contributed by atoms with Gasteiger partial charge in [0, 0.05) is 40.7 Å². The zero-order valence-electron chi connectivity index (χ0n) is 33.2. The summed E-state index contributed by atoms with van der Waals surface area (Å²) >= 11 is 13.8. The Kier molecular flexibility index (Phi) is 30.4. The lowest BCUT2D eigenvalue weighted by Gasteiger charge is -2.18. The number of halogens is 6. The Morgan fingerprint density at radius 1 is 0.544 bits per heavy atom. The SMILES string of the molecule is CCCCCCCC/C=C/CCCCCCCC(=O)OC(COC(=O)CCCCc1c(I)cc(I)c(N)c1I)COC(=O)CCCCc1c(I)cc(I)c(N)c1I. The molecule has 8 nitrogen and oxygen atoms in total. The van der Waals surface area contributed by atoms with Gasteiger partial charge < -0.3 is 25.7 Å². The number of esters is 3. The van der Waals surface area contributed by atoms with Crippen LogP contribution in [0.5, 0.6) is 0 Å². The molecule has 2 aromatic rings. The van der Waals surface area contributed by atoms with Crippen LogP contribution in [0.2, 0.25) is 0 Å². The third-order valence-electron chi connectivity index (χ3n) is 9.52. The summed E-state index contributed by atoms with van der Waals surface area (Å²) in [7, 11) is 0. The summed E-state index contributed by atoms with van der Waals surface area (Å²) in [6.45, 7) is 1.94. The molecule has 0 aliphatic heterocycles. The van der Waals surface area contributed by atoms with Crippen LogP contribution in [0.4, 0.5) is 11.4 Å². The molecule has 2 aromatic carbocycles. The molecule has 0 unspecified atom stereocenters. The maximum Gasteiger partial charge on any atom is 0.306 e. The molecule has 0 saturated heterocycles. The van der Waals surface area contributed by atoms with E-state index in [-0.39, 0.29) is 50.4 Å². The van der Waals surface area contributed by atoms with E-state index in [1.165, 1.54) is 63.2 Å². The van der Waals surface area contributed by atoms with Crippen LogP contribution < -0.4 is 11.5 Å². The Morgan fingerprint density at radius 3 is 1.39 bits per heavy atom. The van der Waals surface area contributed by atoms with Crippen molar-refractivity contribution in [1.29, 1.82) is 0 Å². The molecule has 2 rings (SSSR count). The van der Waals surface area contributed by atoms with Crippen molar-refractivity contribution in [2.75, 3.05) is 24.7 Å². The lowest BCUT2D eigenvalue weighted by atomic mass is 10.1. The molecule has 0 atom stereocenters. The van der Waals surface area contributed by atoms with E-state index in [0.717, 1.165) is 89.9 Å². The van der Waals surface area contributed by atoms with Gasteiger partial charge in [0.1, 0.15) is 13.2 Å². The summed E-state index contributed by atoms with van der Waals surface area (Å²) in [5.41, 5.74) is 16.5. The standard InChI is InChI=1S/C43H60I6N2O6/c1-2-3-4-5-6-7-8-9-10-11-12-13-14-15-16-25-39(54)57-30(28-55-37(52)23-19-17-21-31-33(44)26-35(46)42(50)40(31)48)29-56-38(53)24-20-18-22-32-34(45)27-36(47)43(51)41(32)49/h9-10,26-27,30H,2-8,11-25,28-29,50-51H2,1H3/b10-9+. The van der Waals surface area contributed by atoms with Crippen molar-refractivity contribution in [2.45, 2.75) is 154 Å². The molecule has 0 saturated carbocycles. The van der Waals surface area contributed by atoms with E-state index >= 15 is 0 Å². The quantitative estimate of drug-likeness (QED) is 0.0197. The van der Waals surface area contributed by atoms with Gasteiger partial charge in [0.25, 0.3) is 0 Å². The number of unbranched alkanes of at least 4 members (excludes halogenated alkanes) is 13. The van der Waals surface area contributed by atoms with E-state index < -0.39 is 6.10 Å². The number of hydrogen-bond donors (Lipinski definition) is 2. The number of nitrogens with two attached hydrogens (primary N) is 2. The second-order valence-corrected chi connectivity index (χ2v) is 21.1. The maximum atomic E-state index is 12.8. The summed E-state index contributed by atoms with van der Waals surface area (Å²) in [5.74, 6) is -1.11. The molecule has 0 bridgehead atoms. The normalized spacial score (nSPS) is 11.4. The van der Waals surface area contributed by atoms with Crippen molar-refractivity contribution >= 4 is 165 Å². The number of ether oxygens (including phenoxy) is 3. The molecule has 57 heavy (non-hydrogen) atoms. The number of carbonyl (C=O) groups is 3. The number of nitrogen functional groups attached to an aromatic ring is 2. The monoisotopic (exact) mass is 1460 g/mol. The highest BCUT2D eigenvalue weighted by Crippen LogP contribution is 2.32. The summed E-state index contributed by atoms with van der Waals surface area (Å²) in [6.07, 6.45) is 24.4. The molecular formula is C43H60I6N2O6. The Balaban J connectivity index is 1.77. The first-order valence-electron chi connectivity index (χ1n) is 20.3. The van der Waals surface area contributed by atoms with Crippen molar-refractivity contribution in [3.63, 3.8) is 0 Å². The van der Waals surface area contributed by atoms with Crippen molar-refractivity contribution in [3.8, 4) is 0 Å². The molecule has 0 heterocycles. The fourth-order valence-corrected chi connectivity index (χ4v) is 13.9. The highest BCUT2D eigenvalue weighted by Gasteiger charge is 2.20. The Bertz CT molecular complexity index is 1490. The molecule has 0 spiro atoms. The van der Waals surface area contributed by atoms with Gasteiger partial charge >= 0.3 is 17.9 Å². The van der Waals surface area contributed by atoms with Crippen LogP contribution in [0.15, 0.2) is 24.3 Å². The summed E-state index contributed by atoms with van der Waals surface area (Å²) in [4.78, 5) is 38.3. The highest BCUT2D eigenvalue weighted by molar-refractivity contribution is 14.1. The van der Waals surface area contributed by atoms with Gasteiger partial charge in [-0.25, -0.2) is 0 Å². The molecule has 14 heteroatoms. The Morgan fingerprint density at radius 2 is 0.930 bits per heavy atom. The van der Waals surface area contributed by atoms with E-state index in [9.17, 15) is 14.4 Å². The highest BCUT2D eigenvalue weighted by atomic mass is 127. The van der Waals surface area contributed by atoms with Crippen LogP contribution in [0.1, 0.15) is 146 Å². The minimum absolute atomic E-state index is 0.154. The zero-order valence-corrected chi connectivity index (χ0v) is 46.2. The van der Waals surface area contributed by atoms with Crippen molar-refractivity contribution in [2.24, 2.45) is 0 Å². The van der Waals surface area contributed by atoms with Gasteiger partial charge in [0.2, 0.25) is 0 Å². The first-order valence-corrected chi connectivity index (χ1v) is 26.8. The molecule has 0 aromatic heterocycles. The lowest BCUT2D eigenvalue weighted by Crippen LogP contribution is -2.30. The van der Waals surface area contributed by atoms with Crippen molar-refractivity contribution in [1.82, 2.24) is 0 Å². The van der Waals surface area contributed by atoms with E-state index in [2.05, 4.69) is 167 Å². The van der Waals surface area contributed by atoms with Crippen molar-refractivity contribution in [3.05, 3.63) is 56.8 Å². The minimum Gasteiger partial charge on any atom is -0.462 e. The number of carbonyl (C=O) groups excluding carboxylic acids is 3. The lowest BCUT2D eigenvalue weighted by molar-refractivity contribution is -0.167. The average molecular weight is 1460 g/mol. The Labute approximate surface area is 423 Å². The van der Waals surface area contributed by atoms with Crippen LogP contribution in [-0.4, -0.2) is 37.2 Å². The molecule has 0 fully saturated rings. The summed E-state index contributed by atoms with van der Waals surface area (Å²) < 4.78 is 23.3. The molecule has 0 aliphatic carbocycles. The van der Waals surface area contributed by atoms with Gasteiger partial charge in [-0.3, -0.25) is 14.4 Å². The van der Waals surface area contributed by atoms with Crippen LogP contribution >= 0.6 is 136 Å². The van der Waals surface area contributed by atoms with Crippen molar-refractivity contribution < 1.29 is 28.6 Å². The van der Waals surface area contributed by atoms with Crippen LogP contribution in [0, 0.1) is 21.4 Å². The van der Waals surface area contributed by atoms with Crippen LogP contribution in [0.3, 0.4) is 0 Å². The van der Waals surface area contributed by atoms with E-state index in [1.807, 2.05) is 0 Å². The number of anilines is 2. The van der Waals surface area contributed by atoms with E-state index in [0.29, 0.717) is 12.8 Å². The van der Waals surface area contributed by atoms with Gasteiger partial charge in [0.05, 0.1) is 11.4 Å². The van der Waals surface area contributed by atoms with Gasteiger partial charge in [-0.05, 0) is 229 Å². The molecule has 0 aliphatic rings. The van der Waals surface area contributed by atoms with Gasteiger partial charge in [-0.15, -0.1) is 0 Å². The second-order valence-electron chi connectivity index (χ2n) is 14.3. The summed E-state index contributed by atoms with van der Waals surface area (Å²) in [5, 5.41) is 0. The predicted octanol–water partition coefficient (Wildman–Crippen LogP) is 13.6. The van der Waals surface area contributed by atoms with Crippen LogP contribution in [-0.2, 0) is 41.4 Å². The first-order chi connectivity index (χ1) is 27.3. The third-order valence-corrected chi connectivity index (χ3v) is 15.7. The third kappa shape index (κ3) is 23.0. The molecule has 0 radical (unpaired) electrons. The van der Waals surface area contributed by atoms with Gasteiger partial charge in [-0.1, -0.05) is 70.4 Å². The largest absolute Gasteiger partial charge is 0.462 e. The first kappa shape index (κ1) is 53.7. The van der Waals surface area contributed by atoms with Crippen LogP contribution in [0.25, 0.3) is 0 Å². The molecule has 0 amide bonds. The zero-order chi connectivity index (χ0) is 42.0. The van der Waals surface area contributed by atoms with E-state index in [1.54, 1.807) is 0 Å². The minimum atomic E-state index is -0.857. The number of benzene rings is 2. The fourth-order valence-electron chi connectivity index (χ4n) is 6.11. The molecule has 320 valence electrons. The second kappa shape index (κ2) is 32.3. The predicted molar refractivity (Wildman–Crippen MR) is 284 cm³/mol. The number of allylic oxidation sites excluding steroid dienone is 2. The smallest absolute Gasteiger partial charge is 0.306 e. The maximum absolute atomic E-state index is 12.8. The van der Waals surface area contributed by atoms with Gasteiger partial charge in [-0.2, -0.15) is 0 Å². The topological polar surface area (TPSA) is 131 Å².